The van der Waals surface area contributed by atoms with Crippen molar-refractivity contribution in [3.8, 4) is 0 Å². The molecule has 3 aromatic carbocycles. The van der Waals surface area contributed by atoms with Crippen LogP contribution in [0.3, 0.4) is 0 Å². The van der Waals surface area contributed by atoms with Crippen LogP contribution < -0.4 is 16.0 Å². The second kappa shape index (κ2) is 9.28. The molecule has 168 valence electrons. The van der Waals surface area contributed by atoms with Gasteiger partial charge in [-0.25, -0.2) is 0 Å². The van der Waals surface area contributed by atoms with Crippen molar-refractivity contribution in [3.05, 3.63) is 88.0 Å². The molecule has 0 bridgehead atoms. The van der Waals surface area contributed by atoms with Gasteiger partial charge in [0.2, 0.25) is 17.8 Å². The van der Waals surface area contributed by atoms with Crippen LogP contribution in [-0.4, -0.2) is 15.0 Å². The molecule has 0 aliphatic rings. The van der Waals surface area contributed by atoms with Gasteiger partial charge in [-0.1, -0.05) is 18.2 Å². The molecule has 0 saturated heterocycles. The molecule has 0 spiro atoms. The molecule has 0 saturated carbocycles. The molecule has 0 aliphatic heterocycles. The lowest BCUT2D eigenvalue weighted by atomic mass is 10.1. The molecule has 0 radical (unpaired) electrons. The zero-order chi connectivity index (χ0) is 23.5. The van der Waals surface area contributed by atoms with Gasteiger partial charge in [-0.15, -0.1) is 0 Å². The molecule has 0 aliphatic carbocycles. The van der Waals surface area contributed by atoms with Gasteiger partial charge in [0.15, 0.2) is 0 Å². The first kappa shape index (κ1) is 22.3. The summed E-state index contributed by atoms with van der Waals surface area (Å²) in [5, 5.41) is 9.97. The van der Waals surface area contributed by atoms with Crippen LogP contribution in [0.25, 0.3) is 0 Å². The Kier molecular flexibility index (Phi) is 6.27. The molecule has 0 fully saturated rings. The Labute approximate surface area is 195 Å². The highest BCUT2D eigenvalue weighted by Crippen LogP contribution is 2.24. The molecule has 4 rings (SSSR count). The van der Waals surface area contributed by atoms with Gasteiger partial charge in [0, 0.05) is 17.1 Å². The average molecular weight is 439 g/mol. The Hall–Kier alpha value is -3.93. The molecule has 6 heteroatoms. The van der Waals surface area contributed by atoms with Gasteiger partial charge in [-0.3, -0.25) is 0 Å². The number of hydrogen-bond donors (Lipinski definition) is 3. The van der Waals surface area contributed by atoms with Gasteiger partial charge in [0.05, 0.1) is 0 Å². The molecule has 4 aromatic rings. The maximum atomic E-state index is 4.62. The van der Waals surface area contributed by atoms with Gasteiger partial charge in [-0.05, 0) is 111 Å². The predicted octanol–water partition coefficient (Wildman–Crippen LogP) is 6.95. The number of hydrogen-bond acceptors (Lipinski definition) is 6. The predicted molar refractivity (Wildman–Crippen MR) is 137 cm³/mol. The number of aromatic nitrogens is 3. The van der Waals surface area contributed by atoms with Crippen molar-refractivity contribution in [2.45, 2.75) is 41.5 Å². The fourth-order valence-electron chi connectivity index (χ4n) is 3.39. The van der Waals surface area contributed by atoms with Crippen LogP contribution in [0.5, 0.6) is 0 Å². The van der Waals surface area contributed by atoms with Crippen LogP contribution >= 0.6 is 0 Å². The minimum Gasteiger partial charge on any atom is -0.324 e. The van der Waals surface area contributed by atoms with E-state index in [2.05, 4.69) is 109 Å². The van der Waals surface area contributed by atoms with Crippen LogP contribution in [0.15, 0.2) is 54.6 Å². The smallest absolute Gasteiger partial charge is 0.233 e. The third-order valence-electron chi connectivity index (χ3n) is 5.92. The Balaban J connectivity index is 1.68. The zero-order valence-corrected chi connectivity index (χ0v) is 20.0. The van der Waals surface area contributed by atoms with E-state index in [0.717, 1.165) is 17.1 Å². The monoisotopic (exact) mass is 438 g/mol. The zero-order valence-electron chi connectivity index (χ0n) is 20.0. The van der Waals surface area contributed by atoms with E-state index in [0.29, 0.717) is 17.8 Å². The Morgan fingerprint density at radius 1 is 0.394 bits per heavy atom. The Morgan fingerprint density at radius 3 is 0.909 bits per heavy atom. The molecule has 33 heavy (non-hydrogen) atoms. The second-order valence-corrected chi connectivity index (χ2v) is 8.58. The lowest BCUT2D eigenvalue weighted by Gasteiger charge is -2.13. The molecule has 3 N–H and O–H groups in total. The first-order chi connectivity index (χ1) is 15.8. The summed E-state index contributed by atoms with van der Waals surface area (Å²) in [5.41, 5.74) is 10.1. The van der Waals surface area contributed by atoms with E-state index < -0.39 is 0 Å². The lowest BCUT2D eigenvalue weighted by Crippen LogP contribution is -2.07. The number of anilines is 6. The first-order valence-electron chi connectivity index (χ1n) is 11.1. The standard InChI is InChI=1S/C27H30N6/c1-16-7-10-22(13-19(16)4)28-25-31-26(29-23-11-8-17(2)20(5)14-23)33-27(32-25)30-24-12-9-18(3)21(6)15-24/h7-15H,1-6H3,(H3,28,29,30,31,32,33). The van der Waals surface area contributed by atoms with Crippen LogP contribution in [0.1, 0.15) is 33.4 Å². The van der Waals surface area contributed by atoms with E-state index in [1.165, 1.54) is 33.4 Å². The number of nitrogens with zero attached hydrogens (tertiary/aromatic N) is 3. The van der Waals surface area contributed by atoms with Crippen LogP contribution in [0.2, 0.25) is 0 Å². The van der Waals surface area contributed by atoms with Crippen molar-refractivity contribution in [1.82, 2.24) is 15.0 Å². The maximum Gasteiger partial charge on any atom is 0.233 e. The molecule has 1 heterocycles. The van der Waals surface area contributed by atoms with Gasteiger partial charge >= 0.3 is 0 Å². The third kappa shape index (κ3) is 5.47. The lowest BCUT2D eigenvalue weighted by molar-refractivity contribution is 1.06. The van der Waals surface area contributed by atoms with Crippen LogP contribution in [0.4, 0.5) is 34.9 Å². The summed E-state index contributed by atoms with van der Waals surface area (Å²) in [6.07, 6.45) is 0. The van der Waals surface area contributed by atoms with Crippen molar-refractivity contribution in [2.75, 3.05) is 16.0 Å². The van der Waals surface area contributed by atoms with E-state index >= 15 is 0 Å². The largest absolute Gasteiger partial charge is 0.324 e. The highest BCUT2D eigenvalue weighted by Gasteiger charge is 2.10. The van der Waals surface area contributed by atoms with E-state index in [9.17, 15) is 0 Å². The fourth-order valence-corrected chi connectivity index (χ4v) is 3.39. The molecule has 1 aromatic heterocycles. The maximum absolute atomic E-state index is 4.62. The molecule has 0 unspecified atom stereocenters. The van der Waals surface area contributed by atoms with E-state index in [1.54, 1.807) is 0 Å². The summed E-state index contributed by atoms with van der Waals surface area (Å²) in [6, 6.07) is 18.6. The van der Waals surface area contributed by atoms with Crippen molar-refractivity contribution >= 4 is 34.9 Å². The minimum absolute atomic E-state index is 0.464. The minimum atomic E-state index is 0.464. The van der Waals surface area contributed by atoms with E-state index in [1.807, 2.05) is 18.2 Å². The molecule has 0 atom stereocenters. The normalized spacial score (nSPS) is 10.7. The molecular formula is C27H30N6. The van der Waals surface area contributed by atoms with Crippen molar-refractivity contribution in [3.63, 3.8) is 0 Å². The fraction of sp³-hybridized carbons (Fsp3) is 0.222. The number of nitrogens with one attached hydrogen (secondary N) is 3. The second-order valence-electron chi connectivity index (χ2n) is 8.58. The summed E-state index contributed by atoms with van der Waals surface area (Å²) in [7, 11) is 0. The quantitative estimate of drug-likeness (QED) is 0.302. The van der Waals surface area contributed by atoms with Gasteiger partial charge in [-0.2, -0.15) is 15.0 Å². The van der Waals surface area contributed by atoms with Crippen LogP contribution in [0, 0.1) is 41.5 Å². The summed E-state index contributed by atoms with van der Waals surface area (Å²) in [6.45, 7) is 12.6. The van der Waals surface area contributed by atoms with Gasteiger partial charge in [0.1, 0.15) is 0 Å². The van der Waals surface area contributed by atoms with E-state index in [-0.39, 0.29) is 0 Å². The highest BCUT2D eigenvalue weighted by molar-refractivity contribution is 5.63. The Bertz CT molecular complexity index is 1140. The van der Waals surface area contributed by atoms with Crippen molar-refractivity contribution < 1.29 is 0 Å². The van der Waals surface area contributed by atoms with Gasteiger partial charge in [0.25, 0.3) is 0 Å². The van der Waals surface area contributed by atoms with Crippen molar-refractivity contribution in [1.29, 1.82) is 0 Å². The Morgan fingerprint density at radius 2 is 0.667 bits per heavy atom. The average Bonchev–Trinajstić information content (AvgIpc) is 2.76. The summed E-state index contributed by atoms with van der Waals surface area (Å²) >= 11 is 0. The topological polar surface area (TPSA) is 74.8 Å². The summed E-state index contributed by atoms with van der Waals surface area (Å²) in [4.78, 5) is 13.9. The van der Waals surface area contributed by atoms with Gasteiger partial charge < -0.3 is 16.0 Å². The molecule has 0 amide bonds. The van der Waals surface area contributed by atoms with E-state index in [4.69, 9.17) is 0 Å². The molecule has 6 nitrogen and oxygen atoms in total. The third-order valence-corrected chi connectivity index (χ3v) is 5.92. The number of aryl methyl sites for hydroxylation is 6. The summed E-state index contributed by atoms with van der Waals surface area (Å²) in [5.74, 6) is 1.39. The number of rotatable bonds is 6. The summed E-state index contributed by atoms with van der Waals surface area (Å²) < 4.78 is 0. The SMILES string of the molecule is Cc1ccc(Nc2nc(Nc3ccc(C)c(C)c3)nc(Nc3ccc(C)c(C)c3)n2)cc1C. The van der Waals surface area contributed by atoms with Crippen molar-refractivity contribution in [2.24, 2.45) is 0 Å². The highest BCUT2D eigenvalue weighted by atomic mass is 15.3. The molecular weight excluding hydrogens is 408 g/mol. The first-order valence-corrected chi connectivity index (χ1v) is 11.1. The van der Waals surface area contributed by atoms with Crippen LogP contribution in [-0.2, 0) is 0 Å². The number of benzene rings is 3.